The van der Waals surface area contributed by atoms with Crippen LogP contribution in [0.25, 0.3) is 0 Å². The average molecular weight is 223 g/mol. The summed E-state index contributed by atoms with van der Waals surface area (Å²) in [6.45, 7) is 13.4. The van der Waals surface area contributed by atoms with E-state index in [1.807, 2.05) is 7.11 Å². The molecule has 0 N–H and O–H groups in total. The molecule has 2 nitrogen and oxygen atoms in total. The fourth-order valence-electron chi connectivity index (χ4n) is 3.66. The molecule has 2 atom stereocenters. The SMILES string of the molecule is C=C1CN2CC(OC)C[C@@]2(CC(C)(C)C)C1. The second-order valence-corrected chi connectivity index (χ2v) is 6.83. The van der Waals surface area contributed by atoms with Gasteiger partial charge in [0.2, 0.25) is 0 Å². The molecule has 2 heteroatoms. The van der Waals surface area contributed by atoms with E-state index in [4.69, 9.17) is 4.74 Å². The minimum Gasteiger partial charge on any atom is -0.380 e. The number of fused-ring (bicyclic) bond motifs is 1. The van der Waals surface area contributed by atoms with E-state index in [1.54, 1.807) is 0 Å². The summed E-state index contributed by atoms with van der Waals surface area (Å²) in [4.78, 5) is 2.61. The summed E-state index contributed by atoms with van der Waals surface area (Å²) in [5, 5.41) is 0. The molecule has 0 saturated carbocycles. The van der Waals surface area contributed by atoms with Gasteiger partial charge < -0.3 is 4.74 Å². The largest absolute Gasteiger partial charge is 0.380 e. The van der Waals surface area contributed by atoms with Crippen LogP contribution in [0.2, 0.25) is 0 Å². The highest BCUT2D eigenvalue weighted by Crippen LogP contribution is 2.47. The predicted octanol–water partition coefficient (Wildman–Crippen LogP) is 2.84. The molecule has 0 radical (unpaired) electrons. The van der Waals surface area contributed by atoms with Gasteiger partial charge in [-0.05, 0) is 24.7 Å². The first kappa shape index (κ1) is 12.1. The van der Waals surface area contributed by atoms with Crippen LogP contribution in [0, 0.1) is 5.41 Å². The molecule has 2 saturated heterocycles. The van der Waals surface area contributed by atoms with E-state index < -0.39 is 0 Å². The van der Waals surface area contributed by atoms with Crippen LogP contribution >= 0.6 is 0 Å². The maximum Gasteiger partial charge on any atom is 0.0716 e. The van der Waals surface area contributed by atoms with E-state index in [9.17, 15) is 0 Å². The summed E-state index contributed by atoms with van der Waals surface area (Å²) >= 11 is 0. The molecule has 0 aromatic rings. The third kappa shape index (κ3) is 2.18. The normalized spacial score (nSPS) is 35.8. The lowest BCUT2D eigenvalue weighted by Gasteiger charge is -2.37. The van der Waals surface area contributed by atoms with Crippen molar-refractivity contribution in [1.82, 2.24) is 4.90 Å². The molecule has 0 spiro atoms. The van der Waals surface area contributed by atoms with E-state index in [-0.39, 0.29) is 0 Å². The summed E-state index contributed by atoms with van der Waals surface area (Å²) in [6.07, 6.45) is 4.03. The van der Waals surface area contributed by atoms with Gasteiger partial charge in [-0.1, -0.05) is 32.9 Å². The van der Waals surface area contributed by atoms with Gasteiger partial charge in [0, 0.05) is 25.7 Å². The van der Waals surface area contributed by atoms with Crippen molar-refractivity contribution in [2.75, 3.05) is 20.2 Å². The van der Waals surface area contributed by atoms with Crippen LogP contribution in [0.15, 0.2) is 12.2 Å². The van der Waals surface area contributed by atoms with Crippen LogP contribution < -0.4 is 0 Å². The van der Waals surface area contributed by atoms with Gasteiger partial charge in [0.25, 0.3) is 0 Å². The highest BCUT2D eigenvalue weighted by atomic mass is 16.5. The minimum atomic E-state index is 0.343. The van der Waals surface area contributed by atoms with Gasteiger partial charge >= 0.3 is 0 Å². The molecular formula is C14H25NO. The van der Waals surface area contributed by atoms with Gasteiger partial charge in [0.05, 0.1) is 6.10 Å². The lowest BCUT2D eigenvalue weighted by molar-refractivity contribution is 0.107. The van der Waals surface area contributed by atoms with Crippen LogP contribution in [0.3, 0.4) is 0 Å². The van der Waals surface area contributed by atoms with Gasteiger partial charge in [-0.3, -0.25) is 4.90 Å². The highest BCUT2D eigenvalue weighted by molar-refractivity contribution is 5.19. The van der Waals surface area contributed by atoms with E-state index in [1.165, 1.54) is 24.8 Å². The Hall–Kier alpha value is -0.340. The monoisotopic (exact) mass is 223 g/mol. The van der Waals surface area contributed by atoms with Crippen molar-refractivity contribution >= 4 is 0 Å². The Morgan fingerprint density at radius 3 is 2.75 bits per heavy atom. The predicted molar refractivity (Wildman–Crippen MR) is 67.5 cm³/mol. The molecule has 0 aromatic carbocycles. The third-order valence-electron chi connectivity index (χ3n) is 3.89. The van der Waals surface area contributed by atoms with Crippen molar-refractivity contribution < 1.29 is 4.74 Å². The molecule has 0 aromatic heterocycles. The van der Waals surface area contributed by atoms with E-state index in [0.717, 1.165) is 13.1 Å². The van der Waals surface area contributed by atoms with Crippen molar-refractivity contribution in [3.05, 3.63) is 12.2 Å². The van der Waals surface area contributed by atoms with Crippen molar-refractivity contribution in [1.29, 1.82) is 0 Å². The van der Waals surface area contributed by atoms with Crippen LogP contribution in [-0.4, -0.2) is 36.7 Å². The molecule has 0 amide bonds. The molecule has 0 aliphatic carbocycles. The molecule has 2 fully saturated rings. The first-order valence-corrected chi connectivity index (χ1v) is 6.29. The highest BCUT2D eigenvalue weighted by Gasteiger charge is 2.50. The maximum atomic E-state index is 5.55. The first-order chi connectivity index (χ1) is 7.35. The van der Waals surface area contributed by atoms with E-state index >= 15 is 0 Å². The Morgan fingerprint density at radius 1 is 1.50 bits per heavy atom. The number of rotatable bonds is 2. The summed E-state index contributed by atoms with van der Waals surface area (Å²) in [6, 6.07) is 0. The summed E-state index contributed by atoms with van der Waals surface area (Å²) in [5.74, 6) is 0. The van der Waals surface area contributed by atoms with Gasteiger partial charge in [0.1, 0.15) is 0 Å². The molecule has 0 bridgehead atoms. The molecule has 92 valence electrons. The fourth-order valence-corrected chi connectivity index (χ4v) is 3.66. The first-order valence-electron chi connectivity index (χ1n) is 6.29. The summed E-state index contributed by atoms with van der Waals surface area (Å²) in [5.41, 5.74) is 2.13. The zero-order valence-electron chi connectivity index (χ0n) is 11.2. The van der Waals surface area contributed by atoms with Crippen molar-refractivity contribution in [2.45, 2.75) is 51.7 Å². The molecule has 2 heterocycles. The molecule has 2 aliphatic heterocycles. The lowest BCUT2D eigenvalue weighted by atomic mass is 9.77. The smallest absolute Gasteiger partial charge is 0.0716 e. The van der Waals surface area contributed by atoms with Crippen molar-refractivity contribution in [2.24, 2.45) is 5.41 Å². The summed E-state index contributed by atoms with van der Waals surface area (Å²) < 4.78 is 5.55. The Balaban J connectivity index is 2.17. The van der Waals surface area contributed by atoms with Gasteiger partial charge in [-0.15, -0.1) is 0 Å². The minimum absolute atomic E-state index is 0.343. The molecule has 2 rings (SSSR count). The van der Waals surface area contributed by atoms with Crippen LogP contribution in [-0.2, 0) is 4.74 Å². The molecule has 16 heavy (non-hydrogen) atoms. The van der Waals surface area contributed by atoms with Gasteiger partial charge in [-0.25, -0.2) is 0 Å². The van der Waals surface area contributed by atoms with Crippen LogP contribution in [0.1, 0.15) is 40.0 Å². The number of nitrogens with zero attached hydrogens (tertiary/aromatic N) is 1. The molecular weight excluding hydrogens is 198 g/mol. The zero-order valence-corrected chi connectivity index (χ0v) is 11.2. The zero-order chi connectivity index (χ0) is 12.0. The quantitative estimate of drug-likeness (QED) is 0.667. The fraction of sp³-hybridized carbons (Fsp3) is 0.857. The number of hydrogen-bond donors (Lipinski definition) is 0. The third-order valence-corrected chi connectivity index (χ3v) is 3.89. The second-order valence-electron chi connectivity index (χ2n) is 6.83. The average Bonchev–Trinajstić information content (AvgIpc) is 2.52. The van der Waals surface area contributed by atoms with Crippen LogP contribution in [0.4, 0.5) is 0 Å². The molecule has 2 aliphatic rings. The standard InChI is InChI=1S/C14H25NO/c1-11-6-14(10-13(2,3)4)7-12(16-5)9-15(14)8-11/h12H,1,6-10H2,2-5H3/t12?,14-/m1/s1. The van der Waals surface area contributed by atoms with Crippen LogP contribution in [0.5, 0.6) is 0 Å². The van der Waals surface area contributed by atoms with Crippen molar-refractivity contribution in [3.63, 3.8) is 0 Å². The van der Waals surface area contributed by atoms with Gasteiger partial charge in [-0.2, -0.15) is 0 Å². The van der Waals surface area contributed by atoms with Crippen molar-refractivity contribution in [3.8, 4) is 0 Å². The molecule has 1 unspecified atom stereocenters. The second kappa shape index (κ2) is 3.85. The Kier molecular flexibility index (Phi) is 2.92. The van der Waals surface area contributed by atoms with E-state index in [0.29, 0.717) is 17.1 Å². The number of methoxy groups -OCH3 is 1. The Bertz CT molecular complexity index is 292. The number of hydrogen-bond acceptors (Lipinski definition) is 2. The lowest BCUT2D eigenvalue weighted by Crippen LogP contribution is -2.41. The Morgan fingerprint density at radius 2 is 2.19 bits per heavy atom. The Labute approximate surface area is 99.7 Å². The topological polar surface area (TPSA) is 12.5 Å². The maximum absolute atomic E-state index is 5.55. The van der Waals surface area contributed by atoms with E-state index in [2.05, 4.69) is 32.3 Å². The summed E-state index contributed by atoms with van der Waals surface area (Å²) in [7, 11) is 1.84. The van der Waals surface area contributed by atoms with Gasteiger partial charge in [0.15, 0.2) is 0 Å². The number of ether oxygens (including phenoxy) is 1.